The number of ether oxygens (including phenoxy) is 1. The van der Waals surface area contributed by atoms with Crippen molar-refractivity contribution in [1.29, 1.82) is 0 Å². The van der Waals surface area contributed by atoms with Crippen LogP contribution in [0.3, 0.4) is 0 Å². The predicted molar refractivity (Wildman–Crippen MR) is 24.5 cm³/mol. The van der Waals surface area contributed by atoms with Crippen molar-refractivity contribution in [2.75, 3.05) is 12.9 Å². The average Bonchev–Trinajstić information content (AvgIpc) is 1.65. The third kappa shape index (κ3) is 2.08. The summed E-state index contributed by atoms with van der Waals surface area (Å²) in [4.78, 5) is 9.85. The summed E-state index contributed by atoms with van der Waals surface area (Å²) in [5.41, 5.74) is 0. The van der Waals surface area contributed by atoms with Gasteiger partial charge in [-0.15, -0.1) is 0 Å². The van der Waals surface area contributed by atoms with Crippen LogP contribution in [0.15, 0.2) is 0 Å². The maximum Gasteiger partial charge on any atom is 0.316 e. The predicted octanol–water partition coefficient (Wildman–Crippen LogP) is 0.357. The van der Waals surface area contributed by atoms with Crippen molar-refractivity contribution in [3.8, 4) is 0 Å². The van der Waals surface area contributed by atoms with Gasteiger partial charge < -0.3 is 4.74 Å². The largest absolute Gasteiger partial charge is 0.468 e. The molecule has 0 aromatic rings. The Morgan fingerprint density at radius 2 is 2.50 bits per heavy atom. The third-order valence-corrected chi connectivity index (χ3v) is 0.581. The molecule has 0 bridgehead atoms. The number of rotatable bonds is 1. The van der Waals surface area contributed by atoms with Gasteiger partial charge in [0.1, 0.15) is 5.75 Å². The third-order valence-electron chi connectivity index (χ3n) is 0.346. The minimum absolute atomic E-state index is 0.0521. The molecular weight excluding hydrogens is 100 g/mol. The second-order valence-electron chi connectivity index (χ2n) is 0.720. The SMILES string of the molecule is COC(=O)C[S]. The van der Waals surface area contributed by atoms with Crippen LogP contribution >= 0.6 is 12.6 Å². The zero-order valence-corrected chi connectivity index (χ0v) is 4.25. The van der Waals surface area contributed by atoms with Crippen molar-refractivity contribution >= 4 is 18.6 Å². The van der Waals surface area contributed by atoms with Crippen molar-refractivity contribution in [1.82, 2.24) is 0 Å². The van der Waals surface area contributed by atoms with Crippen molar-refractivity contribution in [2.45, 2.75) is 0 Å². The monoisotopic (exact) mass is 105 g/mol. The first kappa shape index (κ1) is 5.82. The van der Waals surface area contributed by atoms with E-state index in [0.29, 0.717) is 0 Å². The van der Waals surface area contributed by atoms with E-state index < -0.39 is 0 Å². The zero-order valence-electron chi connectivity index (χ0n) is 3.43. The summed E-state index contributed by atoms with van der Waals surface area (Å²) in [6.45, 7) is 0. The van der Waals surface area contributed by atoms with Crippen LogP contribution in [0.1, 0.15) is 0 Å². The summed E-state index contributed by atoms with van der Waals surface area (Å²) in [6.07, 6.45) is 0. The molecule has 0 spiro atoms. The van der Waals surface area contributed by atoms with Crippen LogP contribution in [0.4, 0.5) is 0 Å². The second kappa shape index (κ2) is 3.03. The van der Waals surface area contributed by atoms with Crippen molar-refractivity contribution in [3.63, 3.8) is 0 Å². The summed E-state index contributed by atoms with van der Waals surface area (Å²) in [7, 11) is 1.31. The Morgan fingerprint density at radius 1 is 2.00 bits per heavy atom. The number of carbonyl (C=O) groups is 1. The molecule has 0 saturated heterocycles. The Morgan fingerprint density at radius 3 is 2.50 bits per heavy atom. The molecule has 6 heavy (non-hydrogen) atoms. The van der Waals surface area contributed by atoms with Gasteiger partial charge in [-0.2, -0.15) is 0 Å². The fraction of sp³-hybridized carbons (Fsp3) is 0.667. The summed E-state index contributed by atoms with van der Waals surface area (Å²) in [5, 5.41) is 0. The van der Waals surface area contributed by atoms with Gasteiger partial charge in [-0.1, -0.05) is 12.6 Å². The van der Waals surface area contributed by atoms with E-state index in [9.17, 15) is 4.79 Å². The van der Waals surface area contributed by atoms with E-state index in [-0.39, 0.29) is 11.7 Å². The average molecular weight is 105 g/mol. The lowest BCUT2D eigenvalue weighted by Crippen LogP contribution is -1.99. The van der Waals surface area contributed by atoms with E-state index in [4.69, 9.17) is 0 Å². The summed E-state index contributed by atoms with van der Waals surface area (Å²) in [5.74, 6) is -0.291. The lowest BCUT2D eigenvalue weighted by Gasteiger charge is -1.86. The molecule has 35 valence electrons. The Kier molecular flexibility index (Phi) is 2.94. The maximum atomic E-state index is 9.85. The molecule has 0 fully saturated rings. The smallest absolute Gasteiger partial charge is 0.316 e. The van der Waals surface area contributed by atoms with Crippen LogP contribution in [0, 0.1) is 0 Å². The highest BCUT2D eigenvalue weighted by molar-refractivity contribution is 7.81. The molecule has 0 atom stereocenters. The standard InChI is InChI=1S/C3H5O2S/c1-5-3(4)2-6/h2H2,1H3. The molecule has 0 aliphatic heterocycles. The topological polar surface area (TPSA) is 26.3 Å². The van der Waals surface area contributed by atoms with Crippen LogP contribution in [-0.4, -0.2) is 18.8 Å². The minimum Gasteiger partial charge on any atom is -0.468 e. The van der Waals surface area contributed by atoms with Crippen molar-refractivity contribution < 1.29 is 9.53 Å². The minimum atomic E-state index is -0.343. The molecule has 0 aromatic carbocycles. The molecule has 2 nitrogen and oxygen atoms in total. The highest BCUT2D eigenvalue weighted by atomic mass is 32.1. The van der Waals surface area contributed by atoms with Crippen LogP contribution in [-0.2, 0) is 9.53 Å². The molecule has 1 radical (unpaired) electrons. The van der Waals surface area contributed by atoms with Gasteiger partial charge in [0, 0.05) is 0 Å². The van der Waals surface area contributed by atoms with E-state index in [1.165, 1.54) is 7.11 Å². The first-order valence-corrected chi connectivity index (χ1v) is 2.04. The van der Waals surface area contributed by atoms with Crippen LogP contribution in [0.2, 0.25) is 0 Å². The first-order chi connectivity index (χ1) is 2.81. The van der Waals surface area contributed by atoms with Crippen molar-refractivity contribution in [2.24, 2.45) is 0 Å². The van der Waals surface area contributed by atoms with Gasteiger partial charge in [-0.25, -0.2) is 0 Å². The molecule has 0 N–H and O–H groups in total. The number of methoxy groups -OCH3 is 1. The van der Waals surface area contributed by atoms with E-state index >= 15 is 0 Å². The molecule has 0 rings (SSSR count). The van der Waals surface area contributed by atoms with Gasteiger partial charge in [-0.05, 0) is 0 Å². The normalized spacial score (nSPS) is 7.67. The molecule has 0 aromatic heterocycles. The number of esters is 1. The lowest BCUT2D eigenvalue weighted by atomic mass is 10.8. The van der Waals surface area contributed by atoms with E-state index in [1.807, 2.05) is 0 Å². The molecule has 0 saturated carbocycles. The molecule has 0 aliphatic rings. The van der Waals surface area contributed by atoms with E-state index in [2.05, 4.69) is 17.4 Å². The number of hydrogen-bond donors (Lipinski definition) is 0. The maximum absolute atomic E-state index is 9.85. The Labute approximate surface area is 41.9 Å². The van der Waals surface area contributed by atoms with Gasteiger partial charge in [-0.3, -0.25) is 4.79 Å². The van der Waals surface area contributed by atoms with Crippen LogP contribution < -0.4 is 0 Å². The lowest BCUT2D eigenvalue weighted by molar-refractivity contribution is -0.137. The van der Waals surface area contributed by atoms with Gasteiger partial charge in [0.2, 0.25) is 0 Å². The Balaban J connectivity index is 2.99. The van der Waals surface area contributed by atoms with Gasteiger partial charge in [0.25, 0.3) is 0 Å². The van der Waals surface area contributed by atoms with E-state index in [1.54, 1.807) is 0 Å². The van der Waals surface area contributed by atoms with E-state index in [0.717, 1.165) is 0 Å². The van der Waals surface area contributed by atoms with Gasteiger partial charge in [0.15, 0.2) is 0 Å². The molecule has 0 heterocycles. The zero-order chi connectivity index (χ0) is 4.99. The fourth-order valence-corrected chi connectivity index (χ4v) is 0.177. The summed E-state index contributed by atoms with van der Waals surface area (Å²) < 4.78 is 4.16. The number of hydrogen-bond acceptors (Lipinski definition) is 2. The Hall–Kier alpha value is -0.180. The van der Waals surface area contributed by atoms with Crippen molar-refractivity contribution in [3.05, 3.63) is 0 Å². The highest BCUT2D eigenvalue weighted by Crippen LogP contribution is 1.74. The fourth-order valence-electron chi connectivity index (χ4n) is 0.0589. The molecule has 3 heteroatoms. The van der Waals surface area contributed by atoms with Gasteiger partial charge in [0.05, 0.1) is 7.11 Å². The summed E-state index contributed by atoms with van der Waals surface area (Å²) >= 11 is 4.30. The molecule has 0 aliphatic carbocycles. The summed E-state index contributed by atoms with van der Waals surface area (Å²) in [6, 6.07) is 0. The first-order valence-electron chi connectivity index (χ1n) is 1.46. The number of carbonyl (C=O) groups excluding carboxylic acids is 1. The molecule has 0 amide bonds. The van der Waals surface area contributed by atoms with Crippen LogP contribution in [0.25, 0.3) is 0 Å². The van der Waals surface area contributed by atoms with Crippen LogP contribution in [0.5, 0.6) is 0 Å². The quantitative estimate of drug-likeness (QED) is 0.450. The molecular formula is C3H5O2S. The second-order valence-corrected chi connectivity index (χ2v) is 1.01. The Bertz CT molecular complexity index is 46.8. The molecule has 0 unspecified atom stereocenters. The van der Waals surface area contributed by atoms with Gasteiger partial charge >= 0.3 is 5.97 Å². The highest BCUT2D eigenvalue weighted by Gasteiger charge is 1.89.